The van der Waals surface area contributed by atoms with Crippen LogP contribution in [0, 0.1) is 5.41 Å². The van der Waals surface area contributed by atoms with Gasteiger partial charge in [-0.25, -0.2) is 0 Å². The third kappa shape index (κ3) is 4.23. The van der Waals surface area contributed by atoms with E-state index in [0.717, 1.165) is 26.1 Å². The van der Waals surface area contributed by atoms with Crippen molar-refractivity contribution in [2.75, 3.05) is 33.2 Å². The number of likely N-dealkylation sites (N-methyl/N-ethyl adjacent to an activating group) is 1. The van der Waals surface area contributed by atoms with E-state index in [-0.39, 0.29) is 5.41 Å². The Bertz CT molecular complexity index is 242. The maximum Gasteiger partial charge on any atom is 0.0277 e. The molecule has 1 unspecified atom stereocenters. The lowest BCUT2D eigenvalue weighted by atomic mass is 9.85. The van der Waals surface area contributed by atoms with Gasteiger partial charge in [0.1, 0.15) is 0 Å². The summed E-state index contributed by atoms with van der Waals surface area (Å²) in [6, 6.07) is 0.297. The van der Waals surface area contributed by atoms with Crippen molar-refractivity contribution in [2.24, 2.45) is 11.1 Å². The van der Waals surface area contributed by atoms with Crippen molar-refractivity contribution in [3.05, 3.63) is 0 Å². The second kappa shape index (κ2) is 5.25. The van der Waals surface area contributed by atoms with Gasteiger partial charge in [0.05, 0.1) is 0 Å². The van der Waals surface area contributed by atoms with Crippen molar-refractivity contribution in [1.82, 2.24) is 9.80 Å². The predicted octanol–water partition coefficient (Wildman–Crippen LogP) is 1.78. The minimum atomic E-state index is 0.224. The summed E-state index contributed by atoms with van der Waals surface area (Å²) >= 11 is 0. The molecule has 17 heavy (non-hydrogen) atoms. The molecule has 0 aromatic carbocycles. The lowest BCUT2D eigenvalue weighted by Crippen LogP contribution is -2.58. The smallest absolute Gasteiger partial charge is 0.0277 e. The first-order valence-corrected chi connectivity index (χ1v) is 6.82. The molecule has 1 aliphatic rings. The summed E-state index contributed by atoms with van der Waals surface area (Å²) in [6.07, 6.45) is 1.10. The molecule has 0 aliphatic carbocycles. The lowest BCUT2D eigenvalue weighted by Gasteiger charge is -2.45. The fourth-order valence-corrected chi connectivity index (χ4v) is 2.29. The zero-order valence-corrected chi connectivity index (χ0v) is 12.6. The van der Waals surface area contributed by atoms with E-state index < -0.39 is 0 Å². The summed E-state index contributed by atoms with van der Waals surface area (Å²) < 4.78 is 0. The highest BCUT2D eigenvalue weighted by molar-refractivity contribution is 4.89. The van der Waals surface area contributed by atoms with Gasteiger partial charge in [-0.15, -0.1) is 0 Å². The summed E-state index contributed by atoms with van der Waals surface area (Å²) in [5.41, 5.74) is 6.75. The fourth-order valence-electron chi connectivity index (χ4n) is 2.29. The topological polar surface area (TPSA) is 32.5 Å². The van der Waals surface area contributed by atoms with Crippen molar-refractivity contribution in [3.63, 3.8) is 0 Å². The molecule has 1 heterocycles. The van der Waals surface area contributed by atoms with Crippen LogP contribution in [0.3, 0.4) is 0 Å². The molecule has 1 saturated heterocycles. The first-order valence-electron chi connectivity index (χ1n) is 6.82. The van der Waals surface area contributed by atoms with Crippen LogP contribution in [0.4, 0.5) is 0 Å². The number of piperazine rings is 1. The zero-order valence-electron chi connectivity index (χ0n) is 12.6. The quantitative estimate of drug-likeness (QED) is 0.817. The Kier molecular flexibility index (Phi) is 4.61. The van der Waals surface area contributed by atoms with Crippen molar-refractivity contribution in [1.29, 1.82) is 0 Å². The van der Waals surface area contributed by atoms with Crippen LogP contribution in [0.1, 0.15) is 41.0 Å². The van der Waals surface area contributed by atoms with Crippen molar-refractivity contribution < 1.29 is 0 Å². The number of rotatable bonds is 3. The van der Waals surface area contributed by atoms with Crippen LogP contribution in [0.2, 0.25) is 0 Å². The van der Waals surface area contributed by atoms with Gasteiger partial charge in [-0.1, -0.05) is 20.8 Å². The summed E-state index contributed by atoms with van der Waals surface area (Å²) in [4.78, 5) is 5.01. The second-order valence-corrected chi connectivity index (χ2v) is 7.27. The third-order valence-electron chi connectivity index (χ3n) is 4.26. The molecule has 1 rings (SSSR count). The summed E-state index contributed by atoms with van der Waals surface area (Å²) in [5.74, 6) is 0. The van der Waals surface area contributed by atoms with Gasteiger partial charge in [-0.3, -0.25) is 4.90 Å². The normalized spacial score (nSPS) is 24.9. The summed E-state index contributed by atoms with van der Waals surface area (Å²) in [5, 5.41) is 0. The van der Waals surface area contributed by atoms with Crippen LogP contribution in [-0.2, 0) is 0 Å². The van der Waals surface area contributed by atoms with E-state index >= 15 is 0 Å². The molecule has 3 heteroatoms. The van der Waals surface area contributed by atoms with Crippen LogP contribution in [0.25, 0.3) is 0 Å². The Labute approximate surface area is 107 Å². The van der Waals surface area contributed by atoms with Crippen LogP contribution in [-0.4, -0.2) is 54.6 Å². The van der Waals surface area contributed by atoms with Crippen molar-refractivity contribution in [3.8, 4) is 0 Å². The molecule has 1 atom stereocenters. The molecule has 1 aliphatic heterocycles. The van der Waals surface area contributed by atoms with Gasteiger partial charge in [-0.05, 0) is 39.3 Å². The van der Waals surface area contributed by atoms with Crippen LogP contribution >= 0.6 is 0 Å². The van der Waals surface area contributed by atoms with Gasteiger partial charge < -0.3 is 10.6 Å². The minimum Gasteiger partial charge on any atom is -0.327 e. The largest absolute Gasteiger partial charge is 0.327 e. The van der Waals surface area contributed by atoms with Gasteiger partial charge in [0.25, 0.3) is 0 Å². The SMILES string of the molecule is CN1CCN(CCC(N)C(C)(C)C)CC1(C)C. The molecular formula is C14H31N3. The van der Waals surface area contributed by atoms with Gasteiger partial charge in [0.15, 0.2) is 0 Å². The predicted molar refractivity (Wildman–Crippen MR) is 75.2 cm³/mol. The van der Waals surface area contributed by atoms with E-state index in [0.29, 0.717) is 11.6 Å². The van der Waals surface area contributed by atoms with Crippen molar-refractivity contribution in [2.45, 2.75) is 52.6 Å². The van der Waals surface area contributed by atoms with Crippen LogP contribution < -0.4 is 5.73 Å². The van der Waals surface area contributed by atoms with E-state index in [2.05, 4.69) is 51.5 Å². The van der Waals surface area contributed by atoms with Gasteiger partial charge in [-0.2, -0.15) is 0 Å². The first kappa shape index (κ1) is 14.9. The number of hydrogen-bond acceptors (Lipinski definition) is 3. The highest BCUT2D eigenvalue weighted by Gasteiger charge is 2.31. The Morgan fingerprint density at radius 3 is 2.29 bits per heavy atom. The molecule has 102 valence electrons. The maximum atomic E-state index is 6.23. The Morgan fingerprint density at radius 2 is 1.82 bits per heavy atom. The van der Waals surface area contributed by atoms with E-state index in [1.54, 1.807) is 0 Å². The molecule has 0 saturated carbocycles. The number of nitrogens with zero attached hydrogens (tertiary/aromatic N) is 2. The highest BCUT2D eigenvalue weighted by atomic mass is 15.3. The average Bonchev–Trinajstić information content (AvgIpc) is 2.17. The van der Waals surface area contributed by atoms with Crippen molar-refractivity contribution >= 4 is 0 Å². The molecule has 3 nitrogen and oxygen atoms in total. The molecular weight excluding hydrogens is 210 g/mol. The fraction of sp³-hybridized carbons (Fsp3) is 1.00. The van der Waals surface area contributed by atoms with Crippen LogP contribution in [0.15, 0.2) is 0 Å². The van der Waals surface area contributed by atoms with Crippen LogP contribution in [0.5, 0.6) is 0 Å². The van der Waals surface area contributed by atoms with E-state index in [4.69, 9.17) is 5.73 Å². The van der Waals surface area contributed by atoms with Gasteiger partial charge in [0, 0.05) is 31.2 Å². The lowest BCUT2D eigenvalue weighted by molar-refractivity contribution is 0.0370. The molecule has 0 aromatic rings. The van der Waals surface area contributed by atoms with Gasteiger partial charge in [0.2, 0.25) is 0 Å². The summed E-state index contributed by atoms with van der Waals surface area (Å²) in [7, 11) is 2.22. The number of nitrogens with two attached hydrogens (primary N) is 1. The molecule has 2 N–H and O–H groups in total. The Balaban J connectivity index is 2.39. The Hall–Kier alpha value is -0.120. The van der Waals surface area contributed by atoms with E-state index in [9.17, 15) is 0 Å². The molecule has 0 aromatic heterocycles. The first-order chi connectivity index (χ1) is 7.63. The monoisotopic (exact) mass is 241 g/mol. The second-order valence-electron chi connectivity index (χ2n) is 7.27. The zero-order chi connectivity index (χ0) is 13.3. The molecule has 0 radical (unpaired) electrons. The number of hydrogen-bond donors (Lipinski definition) is 1. The Morgan fingerprint density at radius 1 is 1.24 bits per heavy atom. The molecule has 0 amide bonds. The van der Waals surface area contributed by atoms with E-state index in [1.807, 2.05) is 0 Å². The molecule has 0 bridgehead atoms. The summed E-state index contributed by atoms with van der Waals surface area (Å²) in [6.45, 7) is 16.0. The minimum absolute atomic E-state index is 0.224. The maximum absolute atomic E-state index is 6.23. The standard InChI is InChI=1S/C14H31N3/c1-13(2,3)12(15)7-8-17-10-9-16(6)14(4,5)11-17/h12H,7-11,15H2,1-6H3. The molecule has 0 spiro atoms. The third-order valence-corrected chi connectivity index (χ3v) is 4.26. The van der Waals surface area contributed by atoms with Gasteiger partial charge >= 0.3 is 0 Å². The molecule has 1 fully saturated rings. The highest BCUT2D eigenvalue weighted by Crippen LogP contribution is 2.22. The van der Waals surface area contributed by atoms with E-state index in [1.165, 1.54) is 6.54 Å². The average molecular weight is 241 g/mol.